The zero-order valence-corrected chi connectivity index (χ0v) is 12.0. The average Bonchev–Trinajstić information content (AvgIpc) is 2.94. The van der Waals surface area contributed by atoms with Crippen molar-refractivity contribution in [3.63, 3.8) is 0 Å². The van der Waals surface area contributed by atoms with Gasteiger partial charge in [0, 0.05) is 51.7 Å². The molecule has 0 saturated carbocycles. The van der Waals surface area contributed by atoms with Gasteiger partial charge in [0.2, 0.25) is 0 Å². The molecule has 3 rings (SSSR count). The van der Waals surface area contributed by atoms with Crippen molar-refractivity contribution in [2.75, 3.05) is 39.4 Å². The van der Waals surface area contributed by atoms with Crippen LogP contribution in [-0.4, -0.2) is 70.7 Å². The Morgan fingerprint density at radius 3 is 2.55 bits per heavy atom. The molecule has 3 heterocycles. The molecule has 0 aliphatic carbocycles. The van der Waals surface area contributed by atoms with Gasteiger partial charge in [-0.25, -0.2) is 4.98 Å². The van der Waals surface area contributed by atoms with E-state index in [1.165, 1.54) is 0 Å². The Hall–Kier alpha value is -1.40. The Labute approximate surface area is 119 Å². The van der Waals surface area contributed by atoms with Crippen molar-refractivity contribution in [3.8, 4) is 0 Å². The third-order valence-corrected chi connectivity index (χ3v) is 4.33. The molecule has 110 valence electrons. The number of imidazole rings is 1. The molecule has 2 saturated heterocycles. The SMILES string of the molecule is Cn1ccnc1C(=O)N1CCC(N2CCOCC2)CC1. The van der Waals surface area contributed by atoms with E-state index in [2.05, 4.69) is 9.88 Å². The lowest BCUT2D eigenvalue weighted by Gasteiger charge is -2.39. The summed E-state index contributed by atoms with van der Waals surface area (Å²) < 4.78 is 7.18. The number of carbonyl (C=O) groups excluding carboxylic acids is 1. The van der Waals surface area contributed by atoms with Crippen molar-refractivity contribution in [3.05, 3.63) is 18.2 Å². The lowest BCUT2D eigenvalue weighted by Crippen LogP contribution is -2.50. The first-order chi connectivity index (χ1) is 9.75. The number of aryl methyl sites for hydroxylation is 1. The fourth-order valence-corrected chi connectivity index (χ4v) is 3.09. The van der Waals surface area contributed by atoms with E-state index >= 15 is 0 Å². The molecule has 1 amide bonds. The van der Waals surface area contributed by atoms with Crippen LogP contribution in [0.5, 0.6) is 0 Å². The van der Waals surface area contributed by atoms with Crippen molar-refractivity contribution in [2.24, 2.45) is 7.05 Å². The number of carbonyl (C=O) groups is 1. The fraction of sp³-hybridized carbons (Fsp3) is 0.714. The van der Waals surface area contributed by atoms with Crippen molar-refractivity contribution in [2.45, 2.75) is 18.9 Å². The lowest BCUT2D eigenvalue weighted by atomic mass is 10.0. The Morgan fingerprint density at radius 2 is 1.95 bits per heavy atom. The monoisotopic (exact) mass is 278 g/mol. The van der Waals surface area contributed by atoms with Gasteiger partial charge in [0.1, 0.15) is 0 Å². The van der Waals surface area contributed by atoms with Gasteiger partial charge in [-0.15, -0.1) is 0 Å². The van der Waals surface area contributed by atoms with Crippen LogP contribution >= 0.6 is 0 Å². The summed E-state index contributed by atoms with van der Waals surface area (Å²) in [5.74, 6) is 0.591. The number of piperidine rings is 1. The predicted octanol–water partition coefficient (Wildman–Crippen LogP) is 0.357. The number of morpholine rings is 1. The van der Waals surface area contributed by atoms with Crippen LogP contribution in [0.15, 0.2) is 12.4 Å². The van der Waals surface area contributed by atoms with Gasteiger partial charge in [-0.2, -0.15) is 0 Å². The Kier molecular flexibility index (Phi) is 4.03. The highest BCUT2D eigenvalue weighted by Gasteiger charge is 2.29. The van der Waals surface area contributed by atoms with Gasteiger partial charge >= 0.3 is 0 Å². The number of hydrogen-bond donors (Lipinski definition) is 0. The molecule has 1 aromatic heterocycles. The highest BCUT2D eigenvalue weighted by Crippen LogP contribution is 2.19. The maximum absolute atomic E-state index is 12.4. The highest BCUT2D eigenvalue weighted by molar-refractivity contribution is 5.90. The van der Waals surface area contributed by atoms with Gasteiger partial charge in [0.05, 0.1) is 13.2 Å². The minimum absolute atomic E-state index is 0.0536. The molecule has 0 radical (unpaired) electrons. The average molecular weight is 278 g/mol. The Morgan fingerprint density at radius 1 is 1.25 bits per heavy atom. The standard InChI is InChI=1S/C14H22N4O2/c1-16-7-4-15-13(16)14(19)18-5-2-12(3-6-18)17-8-10-20-11-9-17/h4,7,12H,2-3,5-6,8-11H2,1H3. The van der Waals surface area contributed by atoms with Crippen molar-refractivity contribution >= 4 is 5.91 Å². The van der Waals surface area contributed by atoms with E-state index in [1.54, 1.807) is 10.8 Å². The van der Waals surface area contributed by atoms with Gasteiger partial charge in [-0.3, -0.25) is 9.69 Å². The largest absolute Gasteiger partial charge is 0.379 e. The van der Waals surface area contributed by atoms with Crippen LogP contribution in [0.4, 0.5) is 0 Å². The molecule has 2 fully saturated rings. The van der Waals surface area contributed by atoms with Crippen LogP contribution in [0.25, 0.3) is 0 Å². The molecule has 20 heavy (non-hydrogen) atoms. The number of likely N-dealkylation sites (tertiary alicyclic amines) is 1. The smallest absolute Gasteiger partial charge is 0.289 e. The van der Waals surface area contributed by atoms with Crippen LogP contribution in [0.1, 0.15) is 23.5 Å². The summed E-state index contributed by atoms with van der Waals surface area (Å²) in [5.41, 5.74) is 0. The Balaban J connectivity index is 1.55. The topological polar surface area (TPSA) is 50.6 Å². The fourth-order valence-electron chi connectivity index (χ4n) is 3.09. The van der Waals surface area contributed by atoms with Crippen LogP contribution < -0.4 is 0 Å². The van der Waals surface area contributed by atoms with Gasteiger partial charge in [0.15, 0.2) is 5.82 Å². The first kappa shape index (κ1) is 13.6. The summed E-state index contributed by atoms with van der Waals surface area (Å²) in [6, 6.07) is 0.601. The molecule has 0 unspecified atom stereocenters. The molecular weight excluding hydrogens is 256 g/mol. The summed E-state index contributed by atoms with van der Waals surface area (Å²) in [7, 11) is 1.86. The summed E-state index contributed by atoms with van der Waals surface area (Å²) in [4.78, 5) is 21.0. The minimum atomic E-state index is 0.0536. The zero-order chi connectivity index (χ0) is 13.9. The van der Waals surface area contributed by atoms with Gasteiger partial charge < -0.3 is 14.2 Å². The van der Waals surface area contributed by atoms with Crippen molar-refractivity contribution < 1.29 is 9.53 Å². The second-order valence-corrected chi connectivity index (χ2v) is 5.53. The van der Waals surface area contributed by atoms with E-state index in [-0.39, 0.29) is 5.91 Å². The van der Waals surface area contributed by atoms with Crippen molar-refractivity contribution in [1.29, 1.82) is 0 Å². The molecule has 0 atom stereocenters. The van der Waals surface area contributed by atoms with E-state index in [9.17, 15) is 4.79 Å². The molecule has 6 heteroatoms. The van der Waals surface area contributed by atoms with Crippen LogP contribution in [0, 0.1) is 0 Å². The van der Waals surface area contributed by atoms with Crippen LogP contribution in [-0.2, 0) is 11.8 Å². The first-order valence-corrected chi connectivity index (χ1v) is 7.34. The second kappa shape index (κ2) is 5.93. The normalized spacial score (nSPS) is 22.1. The van der Waals surface area contributed by atoms with E-state index in [0.717, 1.165) is 52.2 Å². The number of amides is 1. The summed E-state index contributed by atoms with van der Waals surface area (Å²) in [5, 5.41) is 0. The number of ether oxygens (including phenoxy) is 1. The van der Waals surface area contributed by atoms with Crippen LogP contribution in [0.3, 0.4) is 0 Å². The molecule has 0 spiro atoms. The molecule has 6 nitrogen and oxygen atoms in total. The van der Waals surface area contributed by atoms with Gasteiger partial charge in [-0.05, 0) is 12.8 Å². The summed E-state index contributed by atoms with van der Waals surface area (Å²) in [6.45, 7) is 5.39. The van der Waals surface area contributed by atoms with Gasteiger partial charge in [0.25, 0.3) is 5.91 Å². The molecule has 0 aromatic carbocycles. The number of hydrogen-bond acceptors (Lipinski definition) is 4. The summed E-state index contributed by atoms with van der Waals surface area (Å²) in [6.07, 6.45) is 5.59. The molecule has 1 aromatic rings. The molecular formula is C14H22N4O2. The highest BCUT2D eigenvalue weighted by atomic mass is 16.5. The first-order valence-electron chi connectivity index (χ1n) is 7.34. The minimum Gasteiger partial charge on any atom is -0.379 e. The predicted molar refractivity (Wildman–Crippen MR) is 74.5 cm³/mol. The maximum Gasteiger partial charge on any atom is 0.289 e. The van der Waals surface area contributed by atoms with Crippen LogP contribution in [0.2, 0.25) is 0 Å². The van der Waals surface area contributed by atoms with E-state index in [1.807, 2.05) is 18.1 Å². The van der Waals surface area contributed by atoms with Gasteiger partial charge in [-0.1, -0.05) is 0 Å². The lowest BCUT2D eigenvalue weighted by molar-refractivity contribution is 0.00142. The number of nitrogens with zero attached hydrogens (tertiary/aromatic N) is 4. The zero-order valence-electron chi connectivity index (χ0n) is 12.0. The maximum atomic E-state index is 12.4. The van der Waals surface area contributed by atoms with Crippen molar-refractivity contribution in [1.82, 2.24) is 19.4 Å². The molecule has 0 N–H and O–H groups in total. The van der Waals surface area contributed by atoms with E-state index in [0.29, 0.717) is 11.9 Å². The number of aromatic nitrogens is 2. The third-order valence-electron chi connectivity index (χ3n) is 4.33. The quantitative estimate of drug-likeness (QED) is 0.783. The summed E-state index contributed by atoms with van der Waals surface area (Å²) >= 11 is 0. The third kappa shape index (κ3) is 2.71. The Bertz CT molecular complexity index is 459. The molecule has 2 aliphatic heterocycles. The van der Waals surface area contributed by atoms with E-state index < -0.39 is 0 Å². The molecule has 0 bridgehead atoms. The second-order valence-electron chi connectivity index (χ2n) is 5.53. The van der Waals surface area contributed by atoms with E-state index in [4.69, 9.17) is 4.74 Å². The number of rotatable bonds is 2. The molecule has 2 aliphatic rings.